The molecule has 1 heterocycles. The summed E-state index contributed by atoms with van der Waals surface area (Å²) < 4.78 is 1.45. The van der Waals surface area contributed by atoms with Crippen LogP contribution in [-0.4, -0.2) is 29.5 Å². The Morgan fingerprint density at radius 3 is 2.44 bits per heavy atom. The van der Waals surface area contributed by atoms with Crippen LogP contribution >= 0.6 is 0 Å². The molecule has 1 aliphatic rings. The molecule has 2 N–H and O–H groups in total. The minimum Gasteiger partial charge on any atom is -0.355 e. The number of rotatable bonds is 5. The molecule has 1 aromatic carbocycles. The summed E-state index contributed by atoms with van der Waals surface area (Å²) in [6.07, 6.45) is 3.46. The fourth-order valence-corrected chi connectivity index (χ4v) is 2.70. The summed E-state index contributed by atoms with van der Waals surface area (Å²) in [5, 5.41) is 5.36. The molecule has 0 radical (unpaired) electrons. The minimum atomic E-state index is -0.500. The maximum atomic E-state index is 12.8. The van der Waals surface area contributed by atoms with E-state index >= 15 is 0 Å². The van der Waals surface area contributed by atoms with Gasteiger partial charge in [-0.3, -0.25) is 14.4 Å². The van der Waals surface area contributed by atoms with E-state index in [1.54, 1.807) is 0 Å². The molecule has 6 nitrogen and oxygen atoms in total. The van der Waals surface area contributed by atoms with Crippen molar-refractivity contribution >= 4 is 11.8 Å². The van der Waals surface area contributed by atoms with Crippen molar-refractivity contribution < 1.29 is 9.59 Å². The summed E-state index contributed by atoms with van der Waals surface area (Å²) in [6.45, 7) is 1.87. The summed E-state index contributed by atoms with van der Waals surface area (Å²) in [6, 6.07) is 10.8. The predicted octanol–water partition coefficient (Wildman–Crippen LogP) is 1.71. The van der Waals surface area contributed by atoms with E-state index in [4.69, 9.17) is 0 Å². The van der Waals surface area contributed by atoms with E-state index in [1.807, 2.05) is 37.3 Å². The highest BCUT2D eigenvalue weighted by Crippen LogP contribution is 2.20. The summed E-state index contributed by atoms with van der Waals surface area (Å²) >= 11 is 0. The van der Waals surface area contributed by atoms with Crippen molar-refractivity contribution in [3.63, 3.8) is 0 Å². The number of nitrogens with zero attached hydrogens (tertiary/aromatic N) is 1. The first-order valence-corrected chi connectivity index (χ1v) is 8.35. The summed E-state index contributed by atoms with van der Waals surface area (Å²) in [4.78, 5) is 37.3. The zero-order valence-corrected chi connectivity index (χ0v) is 14.3. The molecule has 0 saturated heterocycles. The number of carbonyl (C=O) groups is 2. The van der Waals surface area contributed by atoms with Crippen molar-refractivity contribution in [2.75, 3.05) is 7.05 Å². The highest BCUT2D eigenvalue weighted by atomic mass is 16.2. The van der Waals surface area contributed by atoms with E-state index in [2.05, 4.69) is 10.6 Å². The third-order valence-corrected chi connectivity index (χ3v) is 4.39. The smallest absolute Gasteiger partial charge is 0.264 e. The van der Waals surface area contributed by atoms with Crippen LogP contribution < -0.4 is 16.2 Å². The van der Waals surface area contributed by atoms with Crippen LogP contribution in [-0.2, 0) is 0 Å². The number of benzene rings is 1. The molecule has 1 saturated carbocycles. The number of carbonyl (C=O) groups excluding carboxylic acids is 2. The molecule has 1 atom stereocenters. The maximum absolute atomic E-state index is 12.8. The zero-order chi connectivity index (χ0) is 18.0. The lowest BCUT2D eigenvalue weighted by atomic mass is 10.1. The van der Waals surface area contributed by atoms with E-state index in [1.165, 1.54) is 23.9 Å². The Labute approximate surface area is 145 Å². The molecule has 1 fully saturated rings. The molecule has 1 aliphatic carbocycles. The van der Waals surface area contributed by atoms with Gasteiger partial charge in [0.25, 0.3) is 17.4 Å². The molecule has 2 amide bonds. The van der Waals surface area contributed by atoms with Gasteiger partial charge in [-0.05, 0) is 31.4 Å². The fraction of sp³-hybridized carbons (Fsp3) is 0.316. The van der Waals surface area contributed by atoms with Crippen LogP contribution in [0.3, 0.4) is 0 Å². The Morgan fingerprint density at radius 1 is 1.16 bits per heavy atom. The van der Waals surface area contributed by atoms with Crippen LogP contribution in [0.2, 0.25) is 0 Å². The Bertz CT molecular complexity index is 854. The molecule has 1 aromatic heterocycles. The third-order valence-electron chi connectivity index (χ3n) is 4.39. The second-order valence-electron chi connectivity index (χ2n) is 6.27. The van der Waals surface area contributed by atoms with Gasteiger partial charge in [-0.2, -0.15) is 0 Å². The van der Waals surface area contributed by atoms with E-state index in [9.17, 15) is 14.4 Å². The predicted molar refractivity (Wildman–Crippen MR) is 94.8 cm³/mol. The van der Waals surface area contributed by atoms with Gasteiger partial charge >= 0.3 is 0 Å². The van der Waals surface area contributed by atoms with Crippen LogP contribution in [0, 0.1) is 0 Å². The second-order valence-corrected chi connectivity index (χ2v) is 6.27. The normalized spacial score (nSPS) is 14.6. The number of hydrogen-bond acceptors (Lipinski definition) is 3. The lowest BCUT2D eigenvalue weighted by Gasteiger charge is -2.18. The van der Waals surface area contributed by atoms with Crippen molar-refractivity contribution in [2.24, 2.45) is 0 Å². The summed E-state index contributed by atoms with van der Waals surface area (Å²) in [7, 11) is 1.46. The number of aromatic nitrogens is 1. The van der Waals surface area contributed by atoms with Crippen molar-refractivity contribution in [3.8, 4) is 0 Å². The van der Waals surface area contributed by atoms with Crippen LogP contribution in [0.5, 0.6) is 0 Å². The van der Waals surface area contributed by atoms with E-state index in [0.717, 1.165) is 18.4 Å². The molecule has 25 heavy (non-hydrogen) atoms. The molecule has 2 aromatic rings. The van der Waals surface area contributed by atoms with Gasteiger partial charge < -0.3 is 15.2 Å². The molecule has 6 heteroatoms. The lowest BCUT2D eigenvalue weighted by molar-refractivity contribution is 0.0950. The minimum absolute atomic E-state index is 0.0336. The van der Waals surface area contributed by atoms with Crippen molar-refractivity contribution in [3.05, 3.63) is 69.6 Å². The molecule has 0 spiro atoms. The Hall–Kier alpha value is -2.89. The van der Waals surface area contributed by atoms with Gasteiger partial charge in [0, 0.05) is 19.3 Å². The number of pyridine rings is 1. The average molecular weight is 339 g/mol. The van der Waals surface area contributed by atoms with E-state index < -0.39 is 11.5 Å². The first-order valence-electron chi connectivity index (χ1n) is 8.35. The van der Waals surface area contributed by atoms with Crippen LogP contribution in [0.4, 0.5) is 0 Å². The topological polar surface area (TPSA) is 80.2 Å². The highest BCUT2D eigenvalue weighted by Gasteiger charge is 2.25. The zero-order valence-electron chi connectivity index (χ0n) is 14.3. The largest absolute Gasteiger partial charge is 0.355 e. The number of hydrogen-bond donors (Lipinski definition) is 2. The second kappa shape index (κ2) is 6.93. The van der Waals surface area contributed by atoms with Gasteiger partial charge in [0.15, 0.2) is 0 Å². The third kappa shape index (κ3) is 3.63. The quantitative estimate of drug-likeness (QED) is 0.870. The standard InChI is InChI=1S/C19H21N3O3/c1-12(13-6-4-3-5-7-13)22-11-14(17(23)21-15-8-9-15)10-16(19(22)25)18(24)20-2/h3-7,10-12,15H,8-9H2,1-2H3,(H,20,24)(H,21,23). The fourth-order valence-electron chi connectivity index (χ4n) is 2.70. The Balaban J connectivity index is 2.07. The van der Waals surface area contributed by atoms with E-state index in [-0.39, 0.29) is 23.6 Å². The van der Waals surface area contributed by atoms with Crippen LogP contribution in [0.15, 0.2) is 47.4 Å². The number of amides is 2. The Kier molecular flexibility index (Phi) is 4.70. The van der Waals surface area contributed by atoms with Gasteiger partial charge in [0.2, 0.25) is 0 Å². The first kappa shape index (κ1) is 17.0. The molecular weight excluding hydrogens is 318 g/mol. The van der Waals surface area contributed by atoms with Gasteiger partial charge in [0.1, 0.15) is 5.56 Å². The van der Waals surface area contributed by atoms with Gasteiger partial charge in [-0.25, -0.2) is 0 Å². The monoisotopic (exact) mass is 339 g/mol. The molecule has 3 rings (SSSR count). The summed E-state index contributed by atoms with van der Waals surface area (Å²) in [5.74, 6) is -0.762. The highest BCUT2D eigenvalue weighted by molar-refractivity contribution is 5.99. The molecule has 0 bridgehead atoms. The maximum Gasteiger partial charge on any atom is 0.264 e. The average Bonchev–Trinajstić information content (AvgIpc) is 3.45. The lowest BCUT2D eigenvalue weighted by Crippen LogP contribution is -2.35. The Morgan fingerprint density at radius 2 is 1.84 bits per heavy atom. The SMILES string of the molecule is CNC(=O)c1cc(C(=O)NC2CC2)cn(C(C)c2ccccc2)c1=O. The first-order chi connectivity index (χ1) is 12.0. The van der Waals surface area contributed by atoms with Gasteiger partial charge in [0.05, 0.1) is 11.6 Å². The van der Waals surface area contributed by atoms with Crippen LogP contribution in [0.25, 0.3) is 0 Å². The van der Waals surface area contributed by atoms with E-state index in [0.29, 0.717) is 5.56 Å². The van der Waals surface area contributed by atoms with Crippen molar-refractivity contribution in [1.29, 1.82) is 0 Å². The van der Waals surface area contributed by atoms with Gasteiger partial charge in [-0.15, -0.1) is 0 Å². The van der Waals surface area contributed by atoms with Crippen LogP contribution in [0.1, 0.15) is 52.1 Å². The van der Waals surface area contributed by atoms with Crippen molar-refractivity contribution in [1.82, 2.24) is 15.2 Å². The number of nitrogens with one attached hydrogen (secondary N) is 2. The van der Waals surface area contributed by atoms with Crippen molar-refractivity contribution in [2.45, 2.75) is 31.8 Å². The molecule has 130 valence electrons. The molecular formula is C19H21N3O3. The summed E-state index contributed by atoms with van der Waals surface area (Å²) in [5.41, 5.74) is 0.785. The molecule has 1 unspecified atom stereocenters. The molecule has 0 aliphatic heterocycles. The van der Waals surface area contributed by atoms with Gasteiger partial charge in [-0.1, -0.05) is 30.3 Å².